The molecule has 21 heavy (non-hydrogen) atoms. The van der Waals surface area contributed by atoms with Crippen LogP contribution < -0.4 is 5.32 Å². The number of thiophene rings is 1. The second kappa shape index (κ2) is 7.76. The predicted molar refractivity (Wildman–Crippen MR) is 88.0 cm³/mol. The van der Waals surface area contributed by atoms with Crippen molar-refractivity contribution in [3.8, 4) is 0 Å². The van der Waals surface area contributed by atoms with E-state index in [1.54, 1.807) is 0 Å². The minimum Gasteiger partial charge on any atom is -0.367 e. The SMILES string of the molecule is CCOP(=O)(OCC)[C@H](Nc1ccccc1)c1cccs1. The summed E-state index contributed by atoms with van der Waals surface area (Å²) in [6, 6.07) is 13.5. The maximum absolute atomic E-state index is 13.1. The number of hydrogen-bond acceptors (Lipinski definition) is 5. The molecule has 0 aliphatic carbocycles. The van der Waals surface area contributed by atoms with Crippen LogP contribution in [0.15, 0.2) is 47.8 Å². The molecule has 0 saturated heterocycles. The molecule has 0 unspecified atom stereocenters. The summed E-state index contributed by atoms with van der Waals surface area (Å²) in [7, 11) is -3.28. The fraction of sp³-hybridized carbons (Fsp3) is 0.333. The van der Waals surface area contributed by atoms with E-state index >= 15 is 0 Å². The monoisotopic (exact) mass is 325 g/mol. The first-order valence-electron chi connectivity index (χ1n) is 6.93. The molecule has 0 radical (unpaired) electrons. The Labute approximate surface area is 129 Å². The van der Waals surface area contributed by atoms with Crippen LogP contribution in [0.1, 0.15) is 24.5 Å². The number of anilines is 1. The maximum atomic E-state index is 13.1. The minimum atomic E-state index is -3.28. The third-order valence-corrected chi connectivity index (χ3v) is 6.21. The summed E-state index contributed by atoms with van der Waals surface area (Å²) >= 11 is 1.53. The second-order valence-corrected chi connectivity index (χ2v) is 7.40. The van der Waals surface area contributed by atoms with Gasteiger partial charge >= 0.3 is 7.60 Å². The summed E-state index contributed by atoms with van der Waals surface area (Å²) < 4.78 is 24.1. The molecule has 2 rings (SSSR count). The molecule has 1 aromatic carbocycles. The van der Waals surface area contributed by atoms with E-state index in [4.69, 9.17) is 9.05 Å². The van der Waals surface area contributed by atoms with E-state index in [-0.39, 0.29) is 0 Å². The zero-order chi connectivity index (χ0) is 15.1. The van der Waals surface area contributed by atoms with Crippen molar-refractivity contribution in [3.05, 3.63) is 52.7 Å². The Kier molecular flexibility index (Phi) is 6.00. The number of hydrogen-bond donors (Lipinski definition) is 1. The van der Waals surface area contributed by atoms with Crippen LogP contribution in [0, 0.1) is 0 Å². The van der Waals surface area contributed by atoms with Gasteiger partial charge in [0.05, 0.1) is 13.2 Å². The highest BCUT2D eigenvalue weighted by atomic mass is 32.1. The third kappa shape index (κ3) is 4.17. The van der Waals surface area contributed by atoms with Gasteiger partial charge in [-0.2, -0.15) is 0 Å². The van der Waals surface area contributed by atoms with Gasteiger partial charge in [-0.1, -0.05) is 24.3 Å². The highest BCUT2D eigenvalue weighted by molar-refractivity contribution is 7.54. The summed E-state index contributed by atoms with van der Waals surface area (Å²) in [6.45, 7) is 4.32. The Morgan fingerprint density at radius 2 is 1.76 bits per heavy atom. The average Bonchev–Trinajstić information content (AvgIpc) is 3.00. The van der Waals surface area contributed by atoms with Crippen molar-refractivity contribution in [2.24, 2.45) is 0 Å². The molecule has 1 atom stereocenters. The lowest BCUT2D eigenvalue weighted by molar-refractivity contribution is 0.214. The molecule has 0 spiro atoms. The van der Waals surface area contributed by atoms with E-state index in [2.05, 4.69) is 5.32 Å². The molecular formula is C15H20NO3PS. The van der Waals surface area contributed by atoms with Gasteiger partial charge in [0.15, 0.2) is 5.78 Å². The van der Waals surface area contributed by atoms with Crippen molar-refractivity contribution in [2.75, 3.05) is 18.5 Å². The molecule has 0 aliphatic rings. The largest absolute Gasteiger partial charge is 0.367 e. The van der Waals surface area contributed by atoms with Crippen LogP contribution in [0.4, 0.5) is 5.69 Å². The van der Waals surface area contributed by atoms with Crippen molar-refractivity contribution in [2.45, 2.75) is 19.6 Å². The molecule has 1 aromatic heterocycles. The Morgan fingerprint density at radius 3 is 2.29 bits per heavy atom. The second-order valence-electron chi connectivity index (χ2n) is 4.30. The van der Waals surface area contributed by atoms with Crippen molar-refractivity contribution in [3.63, 3.8) is 0 Å². The fourth-order valence-electron chi connectivity index (χ4n) is 1.99. The van der Waals surface area contributed by atoms with Crippen molar-refractivity contribution < 1.29 is 13.6 Å². The van der Waals surface area contributed by atoms with Gasteiger partial charge in [-0.15, -0.1) is 11.3 Å². The third-order valence-electron chi connectivity index (χ3n) is 2.82. The highest BCUT2D eigenvalue weighted by Gasteiger charge is 2.37. The van der Waals surface area contributed by atoms with E-state index in [0.29, 0.717) is 13.2 Å². The summed E-state index contributed by atoms with van der Waals surface area (Å²) in [4.78, 5) is 0.934. The molecule has 1 N–H and O–H groups in total. The molecule has 114 valence electrons. The molecule has 0 amide bonds. The lowest BCUT2D eigenvalue weighted by atomic mass is 10.3. The maximum Gasteiger partial charge on any atom is 0.358 e. The molecular weight excluding hydrogens is 305 g/mol. The molecule has 0 bridgehead atoms. The number of nitrogens with one attached hydrogen (secondary N) is 1. The van der Waals surface area contributed by atoms with Gasteiger partial charge in [-0.3, -0.25) is 4.57 Å². The zero-order valence-electron chi connectivity index (χ0n) is 12.2. The smallest absolute Gasteiger partial charge is 0.358 e. The Hall–Kier alpha value is -1.13. The predicted octanol–water partition coefficient (Wildman–Crippen LogP) is 5.12. The van der Waals surface area contributed by atoms with E-state index in [1.807, 2.05) is 61.7 Å². The van der Waals surface area contributed by atoms with Crippen LogP contribution >= 0.6 is 18.9 Å². The summed E-state index contributed by atoms with van der Waals surface area (Å²) in [5.41, 5.74) is 0.885. The van der Waals surface area contributed by atoms with E-state index in [1.165, 1.54) is 11.3 Å². The van der Waals surface area contributed by atoms with Crippen LogP contribution in [0.5, 0.6) is 0 Å². The van der Waals surface area contributed by atoms with Crippen LogP contribution in [-0.4, -0.2) is 13.2 Å². The summed E-state index contributed by atoms with van der Waals surface area (Å²) in [5, 5.41) is 5.24. The average molecular weight is 325 g/mol. The van der Waals surface area contributed by atoms with Crippen LogP contribution in [0.25, 0.3) is 0 Å². The van der Waals surface area contributed by atoms with Gasteiger partial charge in [0.2, 0.25) is 0 Å². The number of para-hydroxylation sites is 1. The van der Waals surface area contributed by atoms with Crippen molar-refractivity contribution >= 4 is 24.6 Å². The molecule has 4 nitrogen and oxygen atoms in total. The van der Waals surface area contributed by atoms with E-state index < -0.39 is 13.4 Å². The van der Waals surface area contributed by atoms with Gasteiger partial charge in [0, 0.05) is 10.6 Å². The lowest BCUT2D eigenvalue weighted by Gasteiger charge is -2.27. The summed E-state index contributed by atoms with van der Waals surface area (Å²) in [6.07, 6.45) is 0. The molecule has 1 heterocycles. The normalized spacial score (nSPS) is 13.0. The quantitative estimate of drug-likeness (QED) is 0.684. The van der Waals surface area contributed by atoms with Gasteiger partial charge in [-0.25, -0.2) is 0 Å². The first-order chi connectivity index (χ1) is 10.2. The molecule has 2 aromatic rings. The zero-order valence-corrected chi connectivity index (χ0v) is 13.9. The minimum absolute atomic E-state index is 0.343. The number of benzene rings is 1. The number of rotatable bonds is 8. The molecule has 0 aliphatic heterocycles. The lowest BCUT2D eigenvalue weighted by Crippen LogP contribution is -2.14. The van der Waals surface area contributed by atoms with Gasteiger partial charge in [0.1, 0.15) is 0 Å². The molecule has 6 heteroatoms. The van der Waals surface area contributed by atoms with Crippen LogP contribution in [-0.2, 0) is 13.6 Å². The van der Waals surface area contributed by atoms with Gasteiger partial charge < -0.3 is 14.4 Å². The Balaban J connectivity index is 2.33. The Bertz CT molecular complexity index is 564. The van der Waals surface area contributed by atoms with Crippen molar-refractivity contribution in [1.82, 2.24) is 0 Å². The highest BCUT2D eigenvalue weighted by Crippen LogP contribution is 2.61. The van der Waals surface area contributed by atoms with Gasteiger partial charge in [0.25, 0.3) is 0 Å². The molecule has 0 saturated carbocycles. The van der Waals surface area contributed by atoms with E-state index in [9.17, 15) is 4.57 Å². The van der Waals surface area contributed by atoms with Gasteiger partial charge in [-0.05, 0) is 37.4 Å². The van der Waals surface area contributed by atoms with Crippen LogP contribution in [0.2, 0.25) is 0 Å². The Morgan fingerprint density at radius 1 is 1.10 bits per heavy atom. The van der Waals surface area contributed by atoms with E-state index in [0.717, 1.165) is 10.6 Å². The fourth-order valence-corrected chi connectivity index (χ4v) is 5.02. The first-order valence-corrected chi connectivity index (χ1v) is 9.42. The summed E-state index contributed by atoms with van der Waals surface area (Å²) in [5.74, 6) is -0.500. The van der Waals surface area contributed by atoms with Crippen LogP contribution in [0.3, 0.4) is 0 Å². The van der Waals surface area contributed by atoms with Crippen molar-refractivity contribution in [1.29, 1.82) is 0 Å². The first kappa shape index (κ1) is 16.2. The topological polar surface area (TPSA) is 47.6 Å². The standard InChI is InChI=1S/C15H20NO3PS/c1-3-18-20(17,19-4-2)15(14-11-8-12-21-14)16-13-9-6-5-7-10-13/h5-12,15-16H,3-4H2,1-2H3/t15-/m0/s1. The molecule has 0 fully saturated rings.